The maximum atomic E-state index is 12.0. The molecule has 1 aliphatic rings. The van der Waals surface area contributed by atoms with Crippen LogP contribution in [0.3, 0.4) is 0 Å². The van der Waals surface area contributed by atoms with E-state index in [0.29, 0.717) is 11.5 Å². The Hall–Kier alpha value is -1.88. The van der Waals surface area contributed by atoms with E-state index in [1.807, 2.05) is 0 Å². The summed E-state index contributed by atoms with van der Waals surface area (Å²) in [5.74, 6) is 0.319. The van der Waals surface area contributed by atoms with Gasteiger partial charge < -0.3 is 5.32 Å². The standard InChI is InChI=1S/C16H19ClN2O3/c1-11-4-2-3-5-14(11)18-16(20)9-7-12-6-8-13(17)15(10-12)19(21)22/h6-11,14H,2-5H2,1H3,(H,18,20)/b9-7+. The predicted molar refractivity (Wildman–Crippen MR) is 86.7 cm³/mol. The first-order valence-corrected chi connectivity index (χ1v) is 7.77. The molecule has 0 heterocycles. The van der Waals surface area contributed by atoms with Gasteiger partial charge in [0.1, 0.15) is 5.02 Å². The molecule has 118 valence electrons. The molecule has 1 amide bonds. The number of nitro benzene ring substituents is 1. The average molecular weight is 323 g/mol. The van der Waals surface area contributed by atoms with Crippen LogP contribution in [0.15, 0.2) is 24.3 Å². The van der Waals surface area contributed by atoms with Crippen LogP contribution in [0.1, 0.15) is 38.2 Å². The summed E-state index contributed by atoms with van der Waals surface area (Å²) >= 11 is 5.75. The molecule has 0 saturated heterocycles. The highest BCUT2D eigenvalue weighted by Gasteiger charge is 2.21. The summed E-state index contributed by atoms with van der Waals surface area (Å²) in [7, 11) is 0. The lowest BCUT2D eigenvalue weighted by molar-refractivity contribution is -0.384. The van der Waals surface area contributed by atoms with Crippen LogP contribution in [0.5, 0.6) is 0 Å². The highest BCUT2D eigenvalue weighted by Crippen LogP contribution is 2.26. The van der Waals surface area contributed by atoms with E-state index < -0.39 is 4.92 Å². The van der Waals surface area contributed by atoms with E-state index in [2.05, 4.69) is 12.2 Å². The fourth-order valence-electron chi connectivity index (χ4n) is 2.71. The molecule has 0 aromatic heterocycles. The first kappa shape index (κ1) is 16.5. The van der Waals surface area contributed by atoms with Gasteiger partial charge in [-0.25, -0.2) is 0 Å². The molecule has 1 aromatic rings. The molecule has 6 heteroatoms. The Bertz CT molecular complexity index is 601. The van der Waals surface area contributed by atoms with Crippen LogP contribution in [0, 0.1) is 16.0 Å². The molecule has 2 atom stereocenters. The zero-order chi connectivity index (χ0) is 16.1. The molecule has 5 nitrogen and oxygen atoms in total. The van der Waals surface area contributed by atoms with Gasteiger partial charge in [0.15, 0.2) is 0 Å². The third-order valence-electron chi connectivity index (χ3n) is 4.03. The van der Waals surface area contributed by atoms with E-state index >= 15 is 0 Å². The summed E-state index contributed by atoms with van der Waals surface area (Å²) in [4.78, 5) is 22.2. The van der Waals surface area contributed by atoms with Crippen molar-refractivity contribution in [3.05, 3.63) is 45.0 Å². The largest absolute Gasteiger partial charge is 0.350 e. The SMILES string of the molecule is CC1CCCCC1NC(=O)/C=C/c1ccc(Cl)c([N+](=O)[O-])c1. The molecule has 0 bridgehead atoms. The predicted octanol–water partition coefficient (Wildman–Crippen LogP) is 3.96. The fourth-order valence-corrected chi connectivity index (χ4v) is 2.89. The summed E-state index contributed by atoms with van der Waals surface area (Å²) in [5.41, 5.74) is 0.410. The molecule has 1 N–H and O–H groups in total. The number of rotatable bonds is 4. The highest BCUT2D eigenvalue weighted by molar-refractivity contribution is 6.32. The van der Waals surface area contributed by atoms with Gasteiger partial charge in [0, 0.05) is 18.2 Å². The third-order valence-corrected chi connectivity index (χ3v) is 4.35. The van der Waals surface area contributed by atoms with Gasteiger partial charge in [-0.2, -0.15) is 0 Å². The zero-order valence-electron chi connectivity index (χ0n) is 12.4. The molecular weight excluding hydrogens is 304 g/mol. The van der Waals surface area contributed by atoms with Crippen LogP contribution in [0.25, 0.3) is 6.08 Å². The lowest BCUT2D eigenvalue weighted by atomic mass is 9.86. The van der Waals surface area contributed by atoms with Gasteiger partial charge >= 0.3 is 0 Å². The summed E-state index contributed by atoms with van der Waals surface area (Å²) < 4.78 is 0. The zero-order valence-corrected chi connectivity index (χ0v) is 13.2. The number of nitrogens with one attached hydrogen (secondary N) is 1. The number of amides is 1. The third kappa shape index (κ3) is 4.31. The van der Waals surface area contributed by atoms with Gasteiger partial charge in [-0.05, 0) is 36.5 Å². The lowest BCUT2D eigenvalue weighted by Gasteiger charge is -2.29. The van der Waals surface area contributed by atoms with E-state index in [-0.39, 0.29) is 22.7 Å². The number of benzene rings is 1. The molecule has 22 heavy (non-hydrogen) atoms. The molecule has 2 unspecified atom stereocenters. The molecule has 0 spiro atoms. The van der Waals surface area contributed by atoms with Crippen LogP contribution < -0.4 is 5.32 Å². The number of hydrogen-bond donors (Lipinski definition) is 1. The van der Waals surface area contributed by atoms with Crippen molar-refractivity contribution < 1.29 is 9.72 Å². The van der Waals surface area contributed by atoms with Crippen molar-refractivity contribution in [3.63, 3.8) is 0 Å². The molecule has 0 aliphatic heterocycles. The Morgan fingerprint density at radius 1 is 1.41 bits per heavy atom. The van der Waals surface area contributed by atoms with E-state index in [4.69, 9.17) is 11.6 Å². The second-order valence-electron chi connectivity index (χ2n) is 5.68. The maximum Gasteiger partial charge on any atom is 0.288 e. The number of nitro groups is 1. The Kier molecular flexibility index (Phi) is 5.55. The van der Waals surface area contributed by atoms with Crippen LogP contribution in [0.4, 0.5) is 5.69 Å². The number of nitrogens with zero attached hydrogens (tertiary/aromatic N) is 1. The van der Waals surface area contributed by atoms with Gasteiger partial charge in [0.05, 0.1) is 4.92 Å². The van der Waals surface area contributed by atoms with Gasteiger partial charge in [-0.1, -0.05) is 37.4 Å². The van der Waals surface area contributed by atoms with Crippen LogP contribution in [-0.4, -0.2) is 16.9 Å². The molecule has 0 radical (unpaired) electrons. The van der Waals surface area contributed by atoms with Crippen molar-refractivity contribution in [1.82, 2.24) is 5.32 Å². The second kappa shape index (κ2) is 7.40. The number of carbonyl (C=O) groups excluding carboxylic acids is 1. The van der Waals surface area contributed by atoms with Crippen molar-refractivity contribution in [1.29, 1.82) is 0 Å². The van der Waals surface area contributed by atoms with E-state index in [1.165, 1.54) is 24.6 Å². The van der Waals surface area contributed by atoms with E-state index in [0.717, 1.165) is 19.3 Å². The number of hydrogen-bond acceptors (Lipinski definition) is 3. The number of halogens is 1. The Morgan fingerprint density at radius 3 is 2.82 bits per heavy atom. The molecule has 1 aliphatic carbocycles. The van der Waals surface area contributed by atoms with E-state index in [9.17, 15) is 14.9 Å². The maximum absolute atomic E-state index is 12.0. The van der Waals surface area contributed by atoms with Crippen LogP contribution in [0.2, 0.25) is 5.02 Å². The van der Waals surface area contributed by atoms with Gasteiger partial charge in [0.2, 0.25) is 5.91 Å². The molecule has 1 fully saturated rings. The average Bonchev–Trinajstić information content (AvgIpc) is 2.48. The van der Waals surface area contributed by atoms with Crippen molar-refractivity contribution >= 4 is 29.3 Å². The summed E-state index contributed by atoms with van der Waals surface area (Å²) in [6, 6.07) is 4.67. The first-order chi connectivity index (χ1) is 10.5. The highest BCUT2D eigenvalue weighted by atomic mass is 35.5. The minimum Gasteiger partial charge on any atom is -0.350 e. The minimum absolute atomic E-state index is 0.0858. The minimum atomic E-state index is -0.538. The summed E-state index contributed by atoms with van der Waals surface area (Å²) in [6.07, 6.45) is 7.48. The fraction of sp³-hybridized carbons (Fsp3) is 0.438. The Morgan fingerprint density at radius 2 is 2.14 bits per heavy atom. The second-order valence-corrected chi connectivity index (χ2v) is 6.09. The molecule has 1 aromatic carbocycles. The van der Waals surface area contributed by atoms with Crippen molar-refractivity contribution in [2.75, 3.05) is 0 Å². The quantitative estimate of drug-likeness (QED) is 0.518. The van der Waals surface area contributed by atoms with Crippen molar-refractivity contribution in [2.45, 2.75) is 38.6 Å². The molecular formula is C16H19ClN2O3. The van der Waals surface area contributed by atoms with Crippen LogP contribution >= 0.6 is 11.6 Å². The Balaban J connectivity index is 2.00. The first-order valence-electron chi connectivity index (χ1n) is 7.40. The molecule has 2 rings (SSSR count). The van der Waals surface area contributed by atoms with Gasteiger partial charge in [-0.15, -0.1) is 0 Å². The summed E-state index contributed by atoms with van der Waals surface area (Å²) in [6.45, 7) is 2.15. The summed E-state index contributed by atoms with van der Waals surface area (Å²) in [5, 5.41) is 13.9. The Labute approximate surface area is 134 Å². The van der Waals surface area contributed by atoms with E-state index in [1.54, 1.807) is 12.1 Å². The lowest BCUT2D eigenvalue weighted by Crippen LogP contribution is -2.40. The number of carbonyl (C=O) groups is 1. The normalized spacial score (nSPS) is 21.7. The van der Waals surface area contributed by atoms with Crippen LogP contribution in [-0.2, 0) is 4.79 Å². The monoisotopic (exact) mass is 322 g/mol. The van der Waals surface area contributed by atoms with Crippen molar-refractivity contribution in [2.24, 2.45) is 5.92 Å². The smallest absolute Gasteiger partial charge is 0.288 e. The topological polar surface area (TPSA) is 72.2 Å². The van der Waals surface area contributed by atoms with Crippen molar-refractivity contribution in [3.8, 4) is 0 Å². The van der Waals surface area contributed by atoms with Gasteiger partial charge in [0.25, 0.3) is 5.69 Å². The van der Waals surface area contributed by atoms with Gasteiger partial charge in [-0.3, -0.25) is 14.9 Å². The molecule has 1 saturated carbocycles.